The van der Waals surface area contributed by atoms with Crippen molar-refractivity contribution in [1.29, 1.82) is 0 Å². The van der Waals surface area contributed by atoms with E-state index >= 15 is 0 Å². The van der Waals surface area contributed by atoms with Gasteiger partial charge in [-0.1, -0.05) is 0 Å². The van der Waals surface area contributed by atoms with E-state index in [-0.39, 0.29) is 12.6 Å². The largest absolute Gasteiger partial charge is 0.389 e. The molecule has 7 nitrogen and oxygen atoms in total. The molecule has 0 heterocycles. The zero-order valence-corrected chi connectivity index (χ0v) is 11.5. The Hall–Kier alpha value is -1.65. The summed E-state index contributed by atoms with van der Waals surface area (Å²) in [6.07, 6.45) is 1.55. The number of nitrogens with one attached hydrogen (secondary N) is 1. The van der Waals surface area contributed by atoms with E-state index in [0.29, 0.717) is 18.9 Å². The molecule has 2 rings (SSSR count). The number of nitro benzene ring substituents is 1. The standard InChI is InChI=1S/C11H12F2N2O5S/c12-7-4-8(13)10(5-9(7)15(17)18)21(19,20)14-6-11(16)2-1-3-11/h4-5,14,16H,1-3,6H2. The van der Waals surface area contributed by atoms with Crippen LogP contribution in [0.3, 0.4) is 0 Å². The lowest BCUT2D eigenvalue weighted by molar-refractivity contribution is -0.387. The molecule has 1 aromatic carbocycles. The fourth-order valence-electron chi connectivity index (χ4n) is 1.93. The van der Waals surface area contributed by atoms with Crippen molar-refractivity contribution in [3.63, 3.8) is 0 Å². The average Bonchev–Trinajstić information content (AvgIpc) is 2.33. The normalized spacial score (nSPS) is 17.3. The highest BCUT2D eigenvalue weighted by Gasteiger charge is 2.36. The molecule has 0 aromatic heterocycles. The zero-order valence-electron chi connectivity index (χ0n) is 10.7. The van der Waals surface area contributed by atoms with Gasteiger partial charge in [-0.15, -0.1) is 0 Å². The maximum atomic E-state index is 13.6. The lowest BCUT2D eigenvalue weighted by Gasteiger charge is -2.36. The van der Waals surface area contributed by atoms with Gasteiger partial charge in [0.1, 0.15) is 10.7 Å². The minimum absolute atomic E-state index is 0.144. The number of aliphatic hydroxyl groups is 1. The van der Waals surface area contributed by atoms with E-state index in [1.165, 1.54) is 0 Å². The van der Waals surface area contributed by atoms with E-state index in [1.807, 2.05) is 4.72 Å². The van der Waals surface area contributed by atoms with Gasteiger partial charge in [0.25, 0.3) is 0 Å². The third-order valence-electron chi connectivity index (χ3n) is 3.36. The van der Waals surface area contributed by atoms with Crippen LogP contribution < -0.4 is 4.72 Å². The zero-order chi connectivity index (χ0) is 15.8. The van der Waals surface area contributed by atoms with Crippen LogP contribution in [0, 0.1) is 21.7 Å². The molecule has 0 radical (unpaired) electrons. The summed E-state index contributed by atoms with van der Waals surface area (Å²) >= 11 is 0. The molecule has 1 fully saturated rings. The molecule has 1 aliphatic rings. The first-order chi connectivity index (χ1) is 9.65. The number of nitrogens with zero attached hydrogens (tertiary/aromatic N) is 1. The summed E-state index contributed by atoms with van der Waals surface area (Å²) < 4.78 is 52.6. The third kappa shape index (κ3) is 3.17. The molecule has 1 aromatic rings. The molecule has 0 unspecified atom stereocenters. The Labute approximate surface area is 118 Å². The Kier molecular flexibility index (Phi) is 3.95. The van der Waals surface area contributed by atoms with Crippen LogP contribution in [0.4, 0.5) is 14.5 Å². The van der Waals surface area contributed by atoms with E-state index in [4.69, 9.17) is 0 Å². The summed E-state index contributed by atoms with van der Waals surface area (Å²) in [5, 5.41) is 20.4. The van der Waals surface area contributed by atoms with Crippen molar-refractivity contribution in [3.8, 4) is 0 Å². The number of halogens is 2. The molecule has 116 valence electrons. The Morgan fingerprint density at radius 3 is 2.43 bits per heavy atom. The van der Waals surface area contributed by atoms with Gasteiger partial charge in [-0.25, -0.2) is 17.5 Å². The summed E-state index contributed by atoms with van der Waals surface area (Å²) in [6.45, 7) is -0.333. The Balaban J connectivity index is 2.30. The molecule has 0 spiro atoms. The second-order valence-electron chi connectivity index (χ2n) is 4.89. The van der Waals surface area contributed by atoms with Gasteiger partial charge in [-0.2, -0.15) is 4.39 Å². The summed E-state index contributed by atoms with van der Waals surface area (Å²) in [5.74, 6) is -2.90. The van der Waals surface area contributed by atoms with Gasteiger partial charge in [0.05, 0.1) is 10.5 Å². The van der Waals surface area contributed by atoms with Crippen LogP contribution in [0.15, 0.2) is 17.0 Å². The first kappa shape index (κ1) is 15.7. The maximum Gasteiger partial charge on any atom is 0.306 e. The third-order valence-corrected chi connectivity index (χ3v) is 4.78. The van der Waals surface area contributed by atoms with Crippen molar-refractivity contribution in [2.24, 2.45) is 0 Å². The molecular formula is C11H12F2N2O5S. The maximum absolute atomic E-state index is 13.6. The second-order valence-corrected chi connectivity index (χ2v) is 6.63. The predicted octanol–water partition coefficient (Wildman–Crippen LogP) is 1.07. The molecule has 0 saturated heterocycles. The van der Waals surface area contributed by atoms with Crippen molar-refractivity contribution in [2.75, 3.05) is 6.54 Å². The Morgan fingerprint density at radius 1 is 1.33 bits per heavy atom. The molecule has 1 saturated carbocycles. The van der Waals surface area contributed by atoms with Crippen molar-refractivity contribution in [3.05, 3.63) is 33.9 Å². The number of hydrogen-bond donors (Lipinski definition) is 2. The number of sulfonamides is 1. The molecule has 2 N–H and O–H groups in total. The smallest absolute Gasteiger partial charge is 0.306 e. The minimum atomic E-state index is -4.43. The fourth-order valence-corrected chi connectivity index (χ4v) is 3.13. The van der Waals surface area contributed by atoms with Crippen molar-refractivity contribution in [2.45, 2.75) is 29.8 Å². The second kappa shape index (κ2) is 5.28. The van der Waals surface area contributed by atoms with Crippen LogP contribution in [0.5, 0.6) is 0 Å². The van der Waals surface area contributed by atoms with E-state index in [0.717, 1.165) is 6.42 Å². The molecule has 0 atom stereocenters. The first-order valence-corrected chi connectivity index (χ1v) is 7.48. The summed E-state index contributed by atoms with van der Waals surface area (Å²) in [7, 11) is -4.43. The highest BCUT2D eigenvalue weighted by molar-refractivity contribution is 7.89. The quantitative estimate of drug-likeness (QED) is 0.622. The summed E-state index contributed by atoms with van der Waals surface area (Å²) in [5.41, 5.74) is -2.32. The van der Waals surface area contributed by atoms with Crippen molar-refractivity contribution < 1.29 is 27.2 Å². The summed E-state index contributed by atoms with van der Waals surface area (Å²) in [4.78, 5) is 8.40. The Bertz CT molecular complexity index is 688. The van der Waals surface area contributed by atoms with Gasteiger partial charge in [0.2, 0.25) is 15.8 Å². The molecule has 0 bridgehead atoms. The van der Waals surface area contributed by atoms with Gasteiger partial charge in [0, 0.05) is 18.7 Å². The first-order valence-electron chi connectivity index (χ1n) is 6.00. The van der Waals surface area contributed by atoms with E-state index in [1.54, 1.807) is 0 Å². The van der Waals surface area contributed by atoms with Gasteiger partial charge in [0.15, 0.2) is 0 Å². The van der Waals surface area contributed by atoms with Crippen molar-refractivity contribution in [1.82, 2.24) is 4.72 Å². The molecule has 10 heteroatoms. The van der Waals surface area contributed by atoms with E-state index in [9.17, 15) is 32.4 Å². The number of benzene rings is 1. The lowest BCUT2D eigenvalue weighted by atomic mass is 9.81. The van der Waals surface area contributed by atoms with Gasteiger partial charge < -0.3 is 5.11 Å². The number of hydrogen-bond acceptors (Lipinski definition) is 5. The molecular weight excluding hydrogens is 310 g/mol. The SMILES string of the molecule is O=[N+]([O-])c1cc(S(=O)(=O)NCC2(O)CCC2)c(F)cc1F. The lowest BCUT2D eigenvalue weighted by Crippen LogP contribution is -2.47. The summed E-state index contributed by atoms with van der Waals surface area (Å²) in [6, 6.07) is 0.461. The minimum Gasteiger partial charge on any atom is -0.389 e. The van der Waals surface area contributed by atoms with Crippen LogP contribution >= 0.6 is 0 Å². The molecule has 21 heavy (non-hydrogen) atoms. The van der Waals surface area contributed by atoms with Gasteiger partial charge in [-0.05, 0) is 19.3 Å². The van der Waals surface area contributed by atoms with Crippen LogP contribution in [0.1, 0.15) is 19.3 Å². The molecule has 0 aliphatic heterocycles. The Morgan fingerprint density at radius 2 is 1.95 bits per heavy atom. The number of nitro groups is 1. The fraction of sp³-hybridized carbons (Fsp3) is 0.455. The average molecular weight is 322 g/mol. The predicted molar refractivity (Wildman–Crippen MR) is 67.0 cm³/mol. The highest BCUT2D eigenvalue weighted by atomic mass is 32.2. The van der Waals surface area contributed by atoms with Crippen LogP contribution in [0.2, 0.25) is 0 Å². The van der Waals surface area contributed by atoms with E-state index in [2.05, 4.69) is 0 Å². The van der Waals surface area contributed by atoms with Crippen LogP contribution in [-0.4, -0.2) is 30.6 Å². The van der Waals surface area contributed by atoms with Gasteiger partial charge in [-0.3, -0.25) is 10.1 Å². The monoisotopic (exact) mass is 322 g/mol. The number of rotatable bonds is 5. The van der Waals surface area contributed by atoms with Gasteiger partial charge >= 0.3 is 5.69 Å². The van der Waals surface area contributed by atoms with Crippen molar-refractivity contribution >= 4 is 15.7 Å². The van der Waals surface area contributed by atoms with Crippen LogP contribution in [0.25, 0.3) is 0 Å². The molecule has 0 amide bonds. The molecule has 1 aliphatic carbocycles. The van der Waals surface area contributed by atoms with E-state index < -0.39 is 42.8 Å². The topological polar surface area (TPSA) is 110 Å². The highest BCUT2D eigenvalue weighted by Crippen LogP contribution is 2.31. The van der Waals surface area contributed by atoms with Crippen LogP contribution in [-0.2, 0) is 10.0 Å².